The van der Waals surface area contributed by atoms with Gasteiger partial charge in [-0.2, -0.15) is 0 Å². The van der Waals surface area contributed by atoms with E-state index in [1.807, 2.05) is 0 Å². The molecule has 0 aliphatic carbocycles. The average molecular weight is 793 g/mol. The molecule has 2 fully saturated rings. The molecule has 0 spiro atoms. The van der Waals surface area contributed by atoms with Gasteiger partial charge in [0.05, 0.1) is 0 Å². The second-order valence-electron chi connectivity index (χ2n) is 16.3. The quantitative estimate of drug-likeness (QED) is 0.0874. The van der Waals surface area contributed by atoms with Crippen LogP contribution in [-0.2, 0) is 0 Å². The van der Waals surface area contributed by atoms with E-state index in [1.54, 1.807) is 5.30 Å². The SMILES string of the molecule is C[C@@H]1CC[C@@H](C)[PH]1(C)c1ccccc1P(c1ccccc1)c1cccc(OCCOc2cccc(P(/C=C\[PH]3(C)[C@@H](C)CC[C@@H]3C)c3ccccc3)c2)c1. The van der Waals surface area contributed by atoms with E-state index in [2.05, 4.69) is 186 Å². The standard InChI is InChI=1S/C48H60O2P4/c1-37-27-28-38(2)53(37,5)34-33-51(43-19-9-7-10-20-43)45-23-15-17-41(35-45)49-31-32-50-42-18-16-24-46(36-42)52(44-21-11-8-12-22-44)47-25-13-14-26-48(47)54(6)39(3)29-30-40(54)4/h7-26,33-40,53-54H,27-32H2,1-6H3/b34-33-/t37-,38-,39+,40+,51?,52?/m0/s1. The van der Waals surface area contributed by atoms with Crippen molar-refractivity contribution >= 4 is 62.2 Å². The van der Waals surface area contributed by atoms with Crippen molar-refractivity contribution in [3.05, 3.63) is 145 Å². The van der Waals surface area contributed by atoms with Crippen LogP contribution in [0, 0.1) is 0 Å². The summed E-state index contributed by atoms with van der Waals surface area (Å²) >= 11 is 0. The Morgan fingerprint density at radius 2 is 1.02 bits per heavy atom. The fourth-order valence-electron chi connectivity index (χ4n) is 9.08. The van der Waals surface area contributed by atoms with Crippen LogP contribution in [0.3, 0.4) is 0 Å². The number of benzene rings is 5. The molecular weight excluding hydrogens is 732 g/mol. The van der Waals surface area contributed by atoms with Crippen molar-refractivity contribution in [3.8, 4) is 11.5 Å². The van der Waals surface area contributed by atoms with Crippen LogP contribution in [0.4, 0.5) is 0 Å². The van der Waals surface area contributed by atoms with Crippen molar-refractivity contribution in [2.24, 2.45) is 0 Å². The molecule has 6 heteroatoms. The molecule has 2 aliphatic rings. The molecule has 2 heterocycles. The third-order valence-corrected chi connectivity index (χ3v) is 30.5. The zero-order chi connectivity index (χ0) is 37.7. The predicted octanol–water partition coefficient (Wildman–Crippen LogP) is 10.3. The molecular formula is C48H60O2P4. The van der Waals surface area contributed by atoms with Crippen molar-refractivity contribution in [2.45, 2.75) is 76.0 Å². The van der Waals surface area contributed by atoms with Crippen LogP contribution in [-0.4, -0.2) is 49.2 Å². The van der Waals surface area contributed by atoms with E-state index in [1.165, 1.54) is 52.2 Å². The first-order chi connectivity index (χ1) is 26.2. The Hall–Kier alpha value is -2.84. The van der Waals surface area contributed by atoms with E-state index in [0.717, 1.165) is 34.1 Å². The molecule has 0 bridgehead atoms. The number of rotatable bonds is 13. The van der Waals surface area contributed by atoms with Gasteiger partial charge in [0.25, 0.3) is 0 Å². The number of ether oxygens (including phenoxy) is 2. The van der Waals surface area contributed by atoms with Gasteiger partial charge in [0.1, 0.15) is 0 Å². The van der Waals surface area contributed by atoms with Crippen LogP contribution in [0.25, 0.3) is 0 Å². The third kappa shape index (κ3) is 8.31. The summed E-state index contributed by atoms with van der Waals surface area (Å²) in [5, 5.41) is 8.65. The molecule has 284 valence electrons. The summed E-state index contributed by atoms with van der Waals surface area (Å²) in [5.74, 6) is 7.07. The van der Waals surface area contributed by atoms with Gasteiger partial charge in [-0.15, -0.1) is 0 Å². The Kier molecular flexibility index (Phi) is 12.8. The summed E-state index contributed by atoms with van der Waals surface area (Å²) in [6.07, 6.45) is 5.44. The van der Waals surface area contributed by atoms with Gasteiger partial charge >= 0.3 is 331 Å². The molecule has 2 saturated heterocycles. The molecule has 0 radical (unpaired) electrons. The molecule has 2 aliphatic heterocycles. The van der Waals surface area contributed by atoms with Gasteiger partial charge in [-0.25, -0.2) is 0 Å². The first-order valence-corrected chi connectivity index (χ1v) is 28.3. The summed E-state index contributed by atoms with van der Waals surface area (Å²) in [4.78, 5) is 0. The van der Waals surface area contributed by atoms with E-state index in [9.17, 15) is 0 Å². The van der Waals surface area contributed by atoms with E-state index in [4.69, 9.17) is 9.47 Å². The van der Waals surface area contributed by atoms with E-state index >= 15 is 0 Å². The van der Waals surface area contributed by atoms with Gasteiger partial charge in [-0.05, 0) is 0 Å². The van der Waals surface area contributed by atoms with Gasteiger partial charge in [0.2, 0.25) is 0 Å². The van der Waals surface area contributed by atoms with Crippen LogP contribution in [0.1, 0.15) is 53.4 Å². The topological polar surface area (TPSA) is 18.5 Å². The van der Waals surface area contributed by atoms with Crippen molar-refractivity contribution < 1.29 is 9.47 Å². The van der Waals surface area contributed by atoms with Crippen LogP contribution >= 0.6 is 30.4 Å². The molecule has 5 aromatic carbocycles. The van der Waals surface area contributed by atoms with E-state index in [0.29, 0.717) is 13.2 Å². The third-order valence-electron chi connectivity index (χ3n) is 13.4. The summed E-state index contributed by atoms with van der Waals surface area (Å²) in [6, 6.07) is 49.3. The van der Waals surface area contributed by atoms with Gasteiger partial charge in [0.15, 0.2) is 0 Å². The molecule has 5 aromatic rings. The molecule has 2 nitrogen and oxygen atoms in total. The minimum absolute atomic E-state index is 0.487. The van der Waals surface area contributed by atoms with Crippen molar-refractivity contribution in [3.63, 3.8) is 0 Å². The van der Waals surface area contributed by atoms with Crippen molar-refractivity contribution in [1.82, 2.24) is 0 Å². The summed E-state index contributed by atoms with van der Waals surface area (Å²) in [5.41, 5.74) is 3.24. The normalized spacial score (nSPS) is 24.1. The summed E-state index contributed by atoms with van der Waals surface area (Å²) < 4.78 is 12.8. The number of hydrogen-bond donors (Lipinski definition) is 0. The Labute approximate surface area is 329 Å². The first kappa shape index (κ1) is 39.4. The molecule has 7 rings (SSSR count). The zero-order valence-electron chi connectivity index (χ0n) is 33.1. The van der Waals surface area contributed by atoms with E-state index in [-0.39, 0.29) is 0 Å². The molecule has 0 N–H and O–H groups in total. The van der Waals surface area contributed by atoms with Gasteiger partial charge in [-0.3, -0.25) is 0 Å². The van der Waals surface area contributed by atoms with Crippen molar-refractivity contribution in [1.29, 1.82) is 0 Å². The molecule has 2 unspecified atom stereocenters. The Morgan fingerprint density at radius 1 is 0.537 bits per heavy atom. The van der Waals surface area contributed by atoms with Crippen molar-refractivity contribution in [2.75, 3.05) is 26.5 Å². The van der Waals surface area contributed by atoms with Crippen LogP contribution < -0.4 is 41.3 Å². The van der Waals surface area contributed by atoms with Gasteiger partial charge in [0, 0.05) is 0 Å². The summed E-state index contributed by atoms with van der Waals surface area (Å²) in [6.45, 7) is 16.2. The molecule has 0 aromatic heterocycles. The fraction of sp³-hybridized carbons (Fsp3) is 0.333. The summed E-state index contributed by atoms with van der Waals surface area (Å²) in [7, 11) is -4.54. The number of hydrogen-bond acceptors (Lipinski definition) is 2. The maximum absolute atomic E-state index is 6.44. The van der Waals surface area contributed by atoms with Crippen LogP contribution in [0.2, 0.25) is 0 Å². The minimum atomic E-state index is -1.70. The van der Waals surface area contributed by atoms with Gasteiger partial charge in [-0.1, -0.05) is 0 Å². The predicted molar refractivity (Wildman–Crippen MR) is 249 cm³/mol. The zero-order valence-corrected chi connectivity index (χ0v) is 36.9. The monoisotopic (exact) mass is 792 g/mol. The Balaban J connectivity index is 1.08. The molecule has 6 atom stereocenters. The molecule has 0 saturated carbocycles. The van der Waals surface area contributed by atoms with Crippen LogP contribution in [0.15, 0.2) is 145 Å². The second-order valence-corrected chi connectivity index (χ2v) is 30.7. The second kappa shape index (κ2) is 17.5. The molecule has 0 amide bonds. The fourth-order valence-corrected chi connectivity index (χ4v) is 23.9. The Bertz CT molecular complexity index is 1990. The van der Waals surface area contributed by atoms with Gasteiger partial charge < -0.3 is 0 Å². The maximum atomic E-state index is 6.44. The molecule has 54 heavy (non-hydrogen) atoms. The average Bonchev–Trinajstić information content (AvgIpc) is 3.62. The first-order valence-electron chi connectivity index (χ1n) is 20.1. The van der Waals surface area contributed by atoms with Crippen LogP contribution in [0.5, 0.6) is 11.5 Å². The Morgan fingerprint density at radius 3 is 1.63 bits per heavy atom. The van der Waals surface area contributed by atoms with E-state index < -0.39 is 30.4 Å².